The molecule has 0 spiro atoms. The summed E-state index contributed by atoms with van der Waals surface area (Å²) < 4.78 is 6.69. The fraction of sp³-hybridized carbons (Fsp3) is 0.176. The van der Waals surface area contributed by atoms with Gasteiger partial charge in [0.15, 0.2) is 0 Å². The number of hydrogen-bond donors (Lipinski definition) is 0. The third kappa shape index (κ3) is 4.12. The van der Waals surface area contributed by atoms with Crippen LogP contribution in [-0.2, 0) is 12.6 Å². The van der Waals surface area contributed by atoms with Crippen LogP contribution in [0.4, 0.5) is 0 Å². The number of benzene rings is 4. The number of rotatable bonds is 5. The van der Waals surface area contributed by atoms with Gasteiger partial charge in [-0.3, -0.25) is 19.2 Å². The predicted octanol–water partition coefficient (Wildman–Crippen LogP) is 5.34. The Morgan fingerprint density at radius 1 is 0.455 bits per heavy atom. The second kappa shape index (κ2) is 10.7. The van der Waals surface area contributed by atoms with Crippen molar-refractivity contribution in [1.29, 1.82) is 0 Å². The molecule has 4 atom stereocenters. The second-order valence-electron chi connectivity index (χ2n) is 11.3. The van der Waals surface area contributed by atoms with Crippen LogP contribution < -0.4 is 22.2 Å². The van der Waals surface area contributed by atoms with E-state index >= 15 is 0 Å². The minimum Gasteiger partial charge on any atom is -0.267 e. The molecule has 2 aromatic heterocycles. The molecular formula is C34H28N4O4P2. The molecule has 0 bridgehead atoms. The lowest BCUT2D eigenvalue weighted by atomic mass is 10.2. The van der Waals surface area contributed by atoms with E-state index in [0.717, 1.165) is 23.5 Å². The highest BCUT2D eigenvalue weighted by Crippen LogP contribution is 2.62. The first kappa shape index (κ1) is 27.2. The fourth-order valence-electron chi connectivity index (χ4n) is 6.81. The highest BCUT2D eigenvalue weighted by atomic mass is 31.1. The molecule has 0 aliphatic carbocycles. The zero-order chi connectivity index (χ0) is 29.9. The Balaban J connectivity index is 1.21. The highest BCUT2D eigenvalue weighted by molar-refractivity contribution is 7.61. The lowest BCUT2D eigenvalue weighted by Gasteiger charge is -2.25. The molecule has 2 aliphatic heterocycles. The van der Waals surface area contributed by atoms with Crippen molar-refractivity contribution in [2.45, 2.75) is 24.1 Å². The normalized spacial score (nSPS) is 20.6. The van der Waals surface area contributed by atoms with Gasteiger partial charge in [0, 0.05) is 0 Å². The molecule has 2 aliphatic rings. The predicted molar refractivity (Wildman–Crippen MR) is 178 cm³/mol. The number of hydrogen-bond acceptors (Lipinski definition) is 4. The van der Waals surface area contributed by atoms with Gasteiger partial charge in [-0.15, -0.1) is 0 Å². The minimum atomic E-state index is -0.866. The van der Waals surface area contributed by atoms with E-state index < -0.39 is 15.8 Å². The Hall–Kier alpha value is -4.38. The maximum absolute atomic E-state index is 13.9. The standard InChI is InChI=1S/C34H28N4O4P2/c39-29-25-15-7-9-17-27(25)31(41)37-33(23-11-3-1-4-12-23)43(21-35(29)37)19-20-44-22-36-30(40)26-16-8-10-18-28(26)32(42)38(36)34(44)24-13-5-2-6-14-24/h1-18,33-34H,19-22H2. The summed E-state index contributed by atoms with van der Waals surface area (Å²) in [7, 11) is -1.73. The van der Waals surface area contributed by atoms with Crippen LogP contribution in [0.25, 0.3) is 21.5 Å². The van der Waals surface area contributed by atoms with Crippen LogP contribution in [-0.4, -0.2) is 31.1 Å². The van der Waals surface area contributed by atoms with Gasteiger partial charge in [0.05, 0.1) is 45.7 Å². The molecule has 0 radical (unpaired) electrons. The largest absolute Gasteiger partial charge is 0.274 e. The summed E-state index contributed by atoms with van der Waals surface area (Å²) in [5.74, 6) is -0.474. The lowest BCUT2D eigenvalue weighted by Crippen LogP contribution is -2.36. The molecule has 44 heavy (non-hydrogen) atoms. The molecule has 0 saturated heterocycles. The Morgan fingerprint density at radius 3 is 1.14 bits per heavy atom. The smallest absolute Gasteiger partial charge is 0.267 e. The summed E-state index contributed by atoms with van der Waals surface area (Å²) in [5, 5.41) is 1.78. The van der Waals surface area contributed by atoms with Gasteiger partial charge in [-0.1, -0.05) is 101 Å². The van der Waals surface area contributed by atoms with Gasteiger partial charge < -0.3 is 0 Å². The number of nitrogens with zero attached hydrogens (tertiary/aromatic N) is 4. The summed E-state index contributed by atoms with van der Waals surface area (Å²) in [6.45, 7) is 0. The van der Waals surface area contributed by atoms with Crippen LogP contribution in [0, 0.1) is 0 Å². The van der Waals surface area contributed by atoms with Crippen molar-refractivity contribution in [1.82, 2.24) is 18.7 Å². The average Bonchev–Trinajstić information content (AvgIpc) is 3.66. The summed E-state index contributed by atoms with van der Waals surface area (Å²) >= 11 is 0. The van der Waals surface area contributed by atoms with Crippen molar-refractivity contribution in [3.8, 4) is 0 Å². The van der Waals surface area contributed by atoms with E-state index in [1.807, 2.05) is 60.7 Å². The van der Waals surface area contributed by atoms with Gasteiger partial charge in [0.2, 0.25) is 0 Å². The van der Waals surface area contributed by atoms with Crippen LogP contribution >= 0.6 is 15.8 Å². The first-order chi connectivity index (χ1) is 21.5. The minimum absolute atomic E-state index is 0.142. The molecule has 0 saturated carbocycles. The maximum atomic E-state index is 13.9. The molecule has 4 unspecified atom stereocenters. The lowest BCUT2D eigenvalue weighted by molar-refractivity contribution is 0.521. The number of aromatic nitrogens is 4. The Morgan fingerprint density at radius 2 is 0.773 bits per heavy atom. The van der Waals surface area contributed by atoms with Crippen molar-refractivity contribution >= 4 is 37.4 Å². The van der Waals surface area contributed by atoms with Gasteiger partial charge in [-0.05, 0) is 47.7 Å². The first-order valence-corrected chi connectivity index (χ1v) is 18.2. The van der Waals surface area contributed by atoms with Gasteiger partial charge >= 0.3 is 0 Å². The fourth-order valence-corrected chi connectivity index (χ4v) is 13.4. The van der Waals surface area contributed by atoms with Crippen LogP contribution in [0.5, 0.6) is 0 Å². The van der Waals surface area contributed by atoms with E-state index in [1.165, 1.54) is 0 Å². The van der Waals surface area contributed by atoms with E-state index in [2.05, 4.69) is 0 Å². The van der Waals surface area contributed by atoms with Gasteiger partial charge in [-0.25, -0.2) is 18.7 Å². The average molecular weight is 619 g/mol. The monoisotopic (exact) mass is 618 g/mol. The molecule has 8 nitrogen and oxygen atoms in total. The third-order valence-electron chi connectivity index (χ3n) is 8.84. The Bertz CT molecular complexity index is 2150. The summed E-state index contributed by atoms with van der Waals surface area (Å²) in [5.41, 5.74) is 1.45. The Kier molecular flexibility index (Phi) is 6.58. The van der Waals surface area contributed by atoms with Gasteiger partial charge in [-0.2, -0.15) is 0 Å². The van der Waals surface area contributed by atoms with E-state index in [-0.39, 0.29) is 33.8 Å². The highest BCUT2D eigenvalue weighted by Gasteiger charge is 2.39. The molecule has 8 rings (SSSR count). The molecule has 4 heterocycles. The van der Waals surface area contributed by atoms with Crippen molar-refractivity contribution in [3.05, 3.63) is 162 Å². The molecule has 6 aromatic rings. The van der Waals surface area contributed by atoms with E-state index in [9.17, 15) is 19.2 Å². The van der Waals surface area contributed by atoms with Crippen molar-refractivity contribution in [2.75, 3.05) is 12.3 Å². The van der Waals surface area contributed by atoms with Crippen molar-refractivity contribution in [3.63, 3.8) is 0 Å². The maximum Gasteiger partial charge on any atom is 0.274 e. The number of fused-ring (bicyclic) bond motifs is 4. The first-order valence-electron chi connectivity index (χ1n) is 14.6. The SMILES string of the molecule is O=c1c2ccccc2c(=O)n2n1CP(CCP1Cn3c(=O)c4ccccc4c(=O)n3C1c1ccccc1)C2c1ccccc1. The van der Waals surface area contributed by atoms with Crippen molar-refractivity contribution in [2.24, 2.45) is 0 Å². The zero-order valence-corrected chi connectivity index (χ0v) is 25.5. The van der Waals surface area contributed by atoms with Crippen LogP contribution in [0.3, 0.4) is 0 Å². The molecule has 4 aromatic carbocycles. The van der Waals surface area contributed by atoms with Gasteiger partial charge in [0.1, 0.15) is 0 Å². The third-order valence-corrected chi connectivity index (χ3v) is 14.5. The zero-order valence-electron chi connectivity index (χ0n) is 23.7. The van der Waals surface area contributed by atoms with Crippen LogP contribution in [0.2, 0.25) is 0 Å². The summed E-state index contributed by atoms with van der Waals surface area (Å²) in [6.07, 6.45) is 2.57. The van der Waals surface area contributed by atoms with E-state index in [1.54, 1.807) is 67.3 Å². The second-order valence-corrected chi connectivity index (χ2v) is 16.1. The van der Waals surface area contributed by atoms with Gasteiger partial charge in [0.25, 0.3) is 22.2 Å². The quantitative estimate of drug-likeness (QED) is 0.244. The van der Waals surface area contributed by atoms with Crippen LogP contribution in [0.15, 0.2) is 128 Å². The van der Waals surface area contributed by atoms with E-state index in [0.29, 0.717) is 34.1 Å². The molecule has 0 amide bonds. The van der Waals surface area contributed by atoms with Crippen molar-refractivity contribution < 1.29 is 0 Å². The topological polar surface area (TPSA) is 88.0 Å². The molecule has 0 N–H and O–H groups in total. The molecule has 10 heteroatoms. The molecule has 0 fully saturated rings. The summed E-state index contributed by atoms with van der Waals surface area (Å²) in [6, 6.07) is 34.1. The van der Waals surface area contributed by atoms with Crippen LogP contribution in [0.1, 0.15) is 22.7 Å². The molecular weight excluding hydrogens is 590 g/mol. The Labute approximate surface area is 253 Å². The van der Waals surface area contributed by atoms with E-state index in [4.69, 9.17) is 0 Å². The summed E-state index contributed by atoms with van der Waals surface area (Å²) in [4.78, 5) is 55.1. The molecule has 218 valence electrons.